The van der Waals surface area contributed by atoms with Crippen LogP contribution in [0.4, 0.5) is 4.39 Å². The fraction of sp³-hybridized carbons (Fsp3) is 0. The van der Waals surface area contributed by atoms with Crippen LogP contribution in [0.3, 0.4) is 0 Å². The monoisotopic (exact) mass is 332 g/mol. The van der Waals surface area contributed by atoms with Crippen molar-refractivity contribution in [3.63, 3.8) is 0 Å². The highest BCUT2D eigenvalue weighted by atomic mass is 35.5. The van der Waals surface area contributed by atoms with Crippen molar-refractivity contribution in [2.75, 3.05) is 0 Å². The Bertz CT molecular complexity index is 890. The maximum Gasteiger partial charge on any atom is 0.305 e. The third kappa shape index (κ3) is 3.32. The van der Waals surface area contributed by atoms with Crippen molar-refractivity contribution in [2.24, 2.45) is 0 Å². The van der Waals surface area contributed by atoms with Crippen molar-refractivity contribution in [1.29, 1.82) is 0 Å². The lowest BCUT2D eigenvalue weighted by atomic mass is 10.2. The smallest absolute Gasteiger partial charge is 0.305 e. The SMILES string of the molecule is O=C(NNC(=O)c1cc2cc(Cl)ccc2o1)c1ccc(F)cc1. The summed E-state index contributed by atoms with van der Waals surface area (Å²) >= 11 is 5.86. The molecule has 2 amide bonds. The molecule has 0 aliphatic rings. The quantitative estimate of drug-likeness (QED) is 0.707. The van der Waals surface area contributed by atoms with Crippen LogP contribution in [0.2, 0.25) is 5.02 Å². The first-order chi connectivity index (χ1) is 11.0. The van der Waals surface area contributed by atoms with Gasteiger partial charge >= 0.3 is 5.91 Å². The van der Waals surface area contributed by atoms with Gasteiger partial charge in [-0.2, -0.15) is 0 Å². The molecule has 23 heavy (non-hydrogen) atoms. The molecule has 0 spiro atoms. The molecule has 0 saturated heterocycles. The van der Waals surface area contributed by atoms with E-state index < -0.39 is 17.6 Å². The second-order valence-corrected chi connectivity index (χ2v) is 5.14. The zero-order valence-electron chi connectivity index (χ0n) is 11.6. The van der Waals surface area contributed by atoms with Gasteiger partial charge in [0, 0.05) is 16.0 Å². The normalized spacial score (nSPS) is 10.5. The average Bonchev–Trinajstić information content (AvgIpc) is 2.96. The van der Waals surface area contributed by atoms with Gasteiger partial charge in [-0.15, -0.1) is 0 Å². The van der Waals surface area contributed by atoms with Crippen LogP contribution in [0.5, 0.6) is 0 Å². The first kappa shape index (κ1) is 15.1. The lowest BCUT2D eigenvalue weighted by Crippen LogP contribution is -2.41. The van der Waals surface area contributed by atoms with Crippen LogP contribution >= 0.6 is 11.6 Å². The average molecular weight is 333 g/mol. The van der Waals surface area contributed by atoms with Gasteiger partial charge in [0.05, 0.1) is 0 Å². The highest BCUT2D eigenvalue weighted by Gasteiger charge is 2.14. The second kappa shape index (κ2) is 6.10. The Morgan fingerprint density at radius 3 is 2.39 bits per heavy atom. The van der Waals surface area contributed by atoms with Crippen molar-refractivity contribution in [3.05, 3.63) is 70.7 Å². The van der Waals surface area contributed by atoms with Gasteiger partial charge in [-0.25, -0.2) is 4.39 Å². The maximum absolute atomic E-state index is 12.8. The van der Waals surface area contributed by atoms with Crippen LogP contribution in [0.25, 0.3) is 11.0 Å². The molecule has 5 nitrogen and oxygen atoms in total. The van der Waals surface area contributed by atoms with Crippen LogP contribution in [-0.4, -0.2) is 11.8 Å². The number of hydrogen-bond donors (Lipinski definition) is 2. The van der Waals surface area contributed by atoms with Gasteiger partial charge in [0.25, 0.3) is 5.91 Å². The molecule has 2 N–H and O–H groups in total. The summed E-state index contributed by atoms with van der Waals surface area (Å²) < 4.78 is 18.2. The van der Waals surface area contributed by atoms with Crippen molar-refractivity contribution < 1.29 is 18.4 Å². The maximum atomic E-state index is 12.8. The van der Waals surface area contributed by atoms with E-state index in [2.05, 4.69) is 10.9 Å². The lowest BCUT2D eigenvalue weighted by Gasteiger charge is -2.05. The Kier molecular flexibility index (Phi) is 3.99. The number of fused-ring (bicyclic) bond motifs is 1. The zero-order valence-corrected chi connectivity index (χ0v) is 12.4. The summed E-state index contributed by atoms with van der Waals surface area (Å²) in [5, 5.41) is 1.20. The molecule has 0 radical (unpaired) electrons. The Morgan fingerprint density at radius 2 is 1.65 bits per heavy atom. The number of halogens is 2. The van der Waals surface area contributed by atoms with Crippen LogP contribution in [0, 0.1) is 5.82 Å². The molecule has 3 aromatic rings. The molecule has 0 bridgehead atoms. The van der Waals surface area contributed by atoms with Gasteiger partial charge in [0.15, 0.2) is 5.76 Å². The minimum Gasteiger partial charge on any atom is -0.451 e. The predicted octanol–water partition coefficient (Wildman–Crippen LogP) is 3.30. The third-order valence-electron chi connectivity index (χ3n) is 3.10. The van der Waals surface area contributed by atoms with E-state index >= 15 is 0 Å². The molecule has 0 fully saturated rings. The molecular formula is C16H10ClFN2O3. The first-order valence-corrected chi connectivity index (χ1v) is 6.96. The number of carbonyl (C=O) groups excluding carboxylic acids is 2. The van der Waals surface area contributed by atoms with Crippen LogP contribution in [0.1, 0.15) is 20.9 Å². The number of furan rings is 1. The van der Waals surface area contributed by atoms with E-state index in [4.69, 9.17) is 16.0 Å². The Balaban J connectivity index is 1.68. The number of hydrazine groups is 1. The molecule has 1 heterocycles. The second-order valence-electron chi connectivity index (χ2n) is 4.71. The van der Waals surface area contributed by atoms with E-state index in [1.165, 1.54) is 18.2 Å². The molecule has 0 atom stereocenters. The van der Waals surface area contributed by atoms with E-state index in [0.29, 0.717) is 16.0 Å². The van der Waals surface area contributed by atoms with E-state index in [0.717, 1.165) is 12.1 Å². The van der Waals surface area contributed by atoms with Crippen molar-refractivity contribution in [3.8, 4) is 0 Å². The zero-order chi connectivity index (χ0) is 16.4. The number of carbonyl (C=O) groups is 2. The van der Waals surface area contributed by atoms with Gasteiger partial charge in [0.2, 0.25) is 0 Å². The Hall–Kier alpha value is -2.86. The molecule has 0 aliphatic heterocycles. The number of rotatable bonds is 2. The molecule has 3 rings (SSSR count). The molecule has 0 aliphatic carbocycles. The van der Waals surface area contributed by atoms with E-state index in [1.54, 1.807) is 18.2 Å². The van der Waals surface area contributed by atoms with Gasteiger partial charge in [-0.3, -0.25) is 20.4 Å². The first-order valence-electron chi connectivity index (χ1n) is 6.58. The summed E-state index contributed by atoms with van der Waals surface area (Å²) in [6.45, 7) is 0. The number of benzene rings is 2. The van der Waals surface area contributed by atoms with Crippen molar-refractivity contribution >= 4 is 34.4 Å². The minimum absolute atomic E-state index is 0.0293. The minimum atomic E-state index is -0.618. The molecular weight excluding hydrogens is 323 g/mol. The lowest BCUT2D eigenvalue weighted by molar-refractivity contribution is 0.0832. The molecule has 1 aromatic heterocycles. The molecule has 0 saturated carbocycles. The van der Waals surface area contributed by atoms with E-state index in [9.17, 15) is 14.0 Å². The molecule has 7 heteroatoms. The summed E-state index contributed by atoms with van der Waals surface area (Å²) in [6, 6.07) is 11.4. The van der Waals surface area contributed by atoms with E-state index in [1.807, 2.05) is 0 Å². The van der Waals surface area contributed by atoms with Crippen LogP contribution in [-0.2, 0) is 0 Å². The van der Waals surface area contributed by atoms with Gasteiger partial charge < -0.3 is 4.42 Å². The third-order valence-corrected chi connectivity index (χ3v) is 3.33. The van der Waals surface area contributed by atoms with Gasteiger partial charge in [-0.05, 0) is 48.5 Å². The molecule has 0 unspecified atom stereocenters. The largest absolute Gasteiger partial charge is 0.451 e. The number of nitrogens with one attached hydrogen (secondary N) is 2. The summed E-state index contributed by atoms with van der Waals surface area (Å²) in [6.07, 6.45) is 0. The van der Waals surface area contributed by atoms with Gasteiger partial charge in [-0.1, -0.05) is 11.6 Å². The topological polar surface area (TPSA) is 71.3 Å². The fourth-order valence-corrected chi connectivity index (χ4v) is 2.16. The number of hydrogen-bond acceptors (Lipinski definition) is 3. The number of amides is 2. The summed E-state index contributed by atoms with van der Waals surface area (Å²) in [5.74, 6) is -1.61. The van der Waals surface area contributed by atoms with Crippen molar-refractivity contribution in [2.45, 2.75) is 0 Å². The Morgan fingerprint density at radius 1 is 0.957 bits per heavy atom. The highest BCUT2D eigenvalue weighted by molar-refractivity contribution is 6.31. The standard InChI is InChI=1S/C16H10ClFN2O3/c17-11-3-6-13-10(7-11)8-14(23-13)16(22)20-19-15(21)9-1-4-12(18)5-2-9/h1-8H,(H,19,21)(H,20,22). The highest BCUT2D eigenvalue weighted by Crippen LogP contribution is 2.22. The molecule has 116 valence electrons. The molecule has 2 aromatic carbocycles. The van der Waals surface area contributed by atoms with E-state index in [-0.39, 0.29) is 11.3 Å². The summed E-state index contributed by atoms with van der Waals surface area (Å²) in [5.41, 5.74) is 5.17. The van der Waals surface area contributed by atoms with Crippen LogP contribution in [0.15, 0.2) is 52.9 Å². The predicted molar refractivity (Wildman–Crippen MR) is 82.6 cm³/mol. The van der Waals surface area contributed by atoms with Gasteiger partial charge in [0.1, 0.15) is 11.4 Å². The van der Waals surface area contributed by atoms with Crippen LogP contribution < -0.4 is 10.9 Å². The fourth-order valence-electron chi connectivity index (χ4n) is 1.97. The summed E-state index contributed by atoms with van der Waals surface area (Å²) in [7, 11) is 0. The van der Waals surface area contributed by atoms with Crippen molar-refractivity contribution in [1.82, 2.24) is 10.9 Å². The summed E-state index contributed by atoms with van der Waals surface area (Å²) in [4.78, 5) is 23.8. The Labute approximate surface area is 135 Å².